The molecular weight excluding hydrogens is 620 g/mol. The van der Waals surface area contributed by atoms with Gasteiger partial charge in [-0.05, 0) is 112 Å². The van der Waals surface area contributed by atoms with E-state index in [-0.39, 0.29) is 43.4 Å². The summed E-state index contributed by atoms with van der Waals surface area (Å²) in [6.07, 6.45) is 15.6. The summed E-state index contributed by atoms with van der Waals surface area (Å²) >= 11 is 0. The number of carbonyl (C=O) groups is 4. The van der Waals surface area contributed by atoms with Crippen molar-refractivity contribution in [3.63, 3.8) is 0 Å². The fourth-order valence-electron chi connectivity index (χ4n) is 6.74. The Morgan fingerprint density at radius 2 is 1.45 bits per heavy atom. The molecule has 2 aromatic heterocycles. The van der Waals surface area contributed by atoms with Crippen molar-refractivity contribution in [2.45, 2.75) is 112 Å². The topological polar surface area (TPSA) is 165 Å². The van der Waals surface area contributed by atoms with Crippen molar-refractivity contribution >= 4 is 47.7 Å². The summed E-state index contributed by atoms with van der Waals surface area (Å²) in [6, 6.07) is 0. The van der Waals surface area contributed by atoms with Crippen molar-refractivity contribution < 1.29 is 29.4 Å². The first kappa shape index (κ1) is 37.1. The Morgan fingerprint density at radius 1 is 0.796 bits per heavy atom. The molecule has 0 radical (unpaired) electrons. The maximum absolute atomic E-state index is 12.7. The van der Waals surface area contributed by atoms with Crippen LogP contribution < -0.4 is 16.0 Å². The second-order valence-corrected chi connectivity index (χ2v) is 13.1. The zero-order valence-electron chi connectivity index (χ0n) is 29.6. The maximum atomic E-state index is 12.7. The van der Waals surface area contributed by atoms with E-state index in [9.17, 15) is 29.4 Å². The Hall–Kier alpha value is -4.73. The molecule has 0 spiro atoms. The Bertz CT molecular complexity index is 1880. The lowest BCUT2D eigenvalue weighted by Crippen LogP contribution is -2.16. The summed E-state index contributed by atoms with van der Waals surface area (Å²) in [5.74, 6) is -2.41. The monoisotopic (exact) mass is 670 g/mol. The molecule has 1 unspecified atom stereocenters. The highest BCUT2D eigenvalue weighted by molar-refractivity contribution is 6.30. The standard InChI is InChI=1S/C39H50N4O6/c1-7-9-10-11-12-13-14-27-25(6)39(49)43-35(27)20-31-23(4)29(16-18-37(46)47)34(41-31)21-33-28(15-17-36(44)45)22(3)30(40-33)19-32-26(8-2)24(5)38(48)42-32/h8,19-21,24,40-41H,7,9-18H2,1-6H3,(H,42,48)(H,44,45)(H,46,47)/b26-8+,31-20+,32-19-,34-21-. The molecule has 1 fully saturated rings. The first-order valence-corrected chi connectivity index (χ1v) is 17.4. The number of aromatic amines is 2. The lowest BCUT2D eigenvalue weighted by Gasteiger charge is -2.05. The van der Waals surface area contributed by atoms with Crippen LogP contribution in [0.15, 0.2) is 33.5 Å². The van der Waals surface area contributed by atoms with Crippen LogP contribution in [0.4, 0.5) is 0 Å². The largest absolute Gasteiger partial charge is 0.481 e. The van der Waals surface area contributed by atoms with Gasteiger partial charge in [-0.25, -0.2) is 4.99 Å². The number of nitrogens with zero attached hydrogens (tertiary/aromatic N) is 1. The highest BCUT2D eigenvalue weighted by atomic mass is 16.4. The van der Waals surface area contributed by atoms with Gasteiger partial charge in [-0.3, -0.25) is 19.2 Å². The molecule has 2 aromatic rings. The predicted molar refractivity (Wildman–Crippen MR) is 192 cm³/mol. The molecule has 4 rings (SSSR count). The minimum atomic E-state index is -0.915. The molecule has 1 atom stereocenters. The third kappa shape index (κ3) is 8.85. The van der Waals surface area contributed by atoms with Gasteiger partial charge in [-0.1, -0.05) is 45.1 Å². The Kier molecular flexibility index (Phi) is 12.6. The number of unbranched alkanes of at least 4 members (excludes halogenated alkanes) is 5. The number of allylic oxidation sites excluding steroid dienone is 3. The van der Waals surface area contributed by atoms with Gasteiger partial charge in [0.25, 0.3) is 5.91 Å². The van der Waals surface area contributed by atoms with E-state index in [1.54, 1.807) is 0 Å². The van der Waals surface area contributed by atoms with Gasteiger partial charge in [0.15, 0.2) is 0 Å². The molecule has 0 bridgehead atoms. The summed E-state index contributed by atoms with van der Waals surface area (Å²) in [7, 11) is 0. The van der Waals surface area contributed by atoms with Crippen LogP contribution in [0.1, 0.15) is 119 Å². The quantitative estimate of drug-likeness (QED) is 0.144. The number of carbonyl (C=O) groups excluding carboxylic acids is 2. The van der Waals surface area contributed by atoms with Crippen molar-refractivity contribution in [2.24, 2.45) is 10.9 Å². The SMILES string of the molecule is C/C=C1/C(=C/c2[nH]c(/C=c3\[nH]/c(=C/C4=NC(=O)C(C)=C4CCCCCCCC)c(C)c3CCC(=O)O)c(CCC(=O)O)c2C)NC(=O)C1C. The first-order chi connectivity index (χ1) is 23.4. The number of aromatic nitrogens is 2. The van der Waals surface area contributed by atoms with E-state index in [2.05, 4.69) is 27.2 Å². The van der Waals surface area contributed by atoms with Crippen molar-refractivity contribution in [1.82, 2.24) is 15.3 Å². The van der Waals surface area contributed by atoms with Crippen LogP contribution in [0.2, 0.25) is 0 Å². The van der Waals surface area contributed by atoms with Gasteiger partial charge >= 0.3 is 11.9 Å². The van der Waals surface area contributed by atoms with Gasteiger partial charge in [-0.2, -0.15) is 0 Å². The summed E-state index contributed by atoms with van der Waals surface area (Å²) in [4.78, 5) is 59.7. The normalized spacial score (nSPS) is 18.8. The Morgan fingerprint density at radius 3 is 2.10 bits per heavy atom. The zero-order valence-corrected chi connectivity index (χ0v) is 29.6. The number of hydrogen-bond acceptors (Lipinski definition) is 4. The van der Waals surface area contributed by atoms with Gasteiger partial charge < -0.3 is 25.5 Å². The van der Waals surface area contributed by atoms with E-state index < -0.39 is 11.9 Å². The fraction of sp³-hybridized carbons (Fsp3) is 0.462. The summed E-state index contributed by atoms with van der Waals surface area (Å²) in [5, 5.41) is 23.5. The number of H-pyrrole nitrogens is 2. The van der Waals surface area contributed by atoms with Gasteiger partial charge in [0.05, 0.1) is 11.6 Å². The van der Waals surface area contributed by atoms with E-state index in [1.807, 2.05) is 58.9 Å². The predicted octanol–water partition coefficient (Wildman–Crippen LogP) is 5.70. The fourth-order valence-corrected chi connectivity index (χ4v) is 6.74. The van der Waals surface area contributed by atoms with E-state index in [1.165, 1.54) is 25.7 Å². The molecule has 5 N–H and O–H groups in total. The smallest absolute Gasteiger partial charge is 0.303 e. The summed E-state index contributed by atoms with van der Waals surface area (Å²) in [6.45, 7) is 11.6. The third-order valence-electron chi connectivity index (χ3n) is 9.76. The first-order valence-electron chi connectivity index (χ1n) is 17.4. The van der Waals surface area contributed by atoms with Crippen LogP contribution in [0.5, 0.6) is 0 Å². The Labute approximate surface area is 287 Å². The number of carboxylic acid groups (broad SMARTS) is 2. The van der Waals surface area contributed by atoms with Crippen LogP contribution in [0.25, 0.3) is 18.2 Å². The minimum Gasteiger partial charge on any atom is -0.481 e. The molecular formula is C39H50N4O6. The van der Waals surface area contributed by atoms with Crippen LogP contribution in [0.3, 0.4) is 0 Å². The molecule has 10 heteroatoms. The lowest BCUT2D eigenvalue weighted by molar-refractivity contribution is -0.138. The molecule has 2 aliphatic rings. The highest BCUT2D eigenvalue weighted by Crippen LogP contribution is 2.30. The van der Waals surface area contributed by atoms with E-state index in [0.29, 0.717) is 28.0 Å². The number of amides is 2. The number of hydrogen-bond donors (Lipinski definition) is 5. The van der Waals surface area contributed by atoms with Crippen LogP contribution in [0, 0.1) is 19.8 Å². The minimum absolute atomic E-state index is 0.0704. The molecule has 0 aromatic carbocycles. The van der Waals surface area contributed by atoms with Gasteiger partial charge in [0, 0.05) is 46.2 Å². The molecule has 2 amide bonds. The lowest BCUT2D eigenvalue weighted by atomic mass is 9.98. The summed E-state index contributed by atoms with van der Waals surface area (Å²) in [5.41, 5.74) is 8.66. The van der Waals surface area contributed by atoms with E-state index in [4.69, 9.17) is 0 Å². The van der Waals surface area contributed by atoms with Crippen molar-refractivity contribution in [2.75, 3.05) is 0 Å². The zero-order chi connectivity index (χ0) is 35.8. The van der Waals surface area contributed by atoms with E-state index >= 15 is 0 Å². The molecule has 0 aliphatic carbocycles. The second-order valence-electron chi connectivity index (χ2n) is 13.1. The maximum Gasteiger partial charge on any atom is 0.303 e. The van der Waals surface area contributed by atoms with Crippen molar-refractivity contribution in [1.29, 1.82) is 0 Å². The number of rotatable bonds is 16. The van der Waals surface area contributed by atoms with Gasteiger partial charge in [-0.15, -0.1) is 0 Å². The number of aliphatic carboxylic acids is 2. The number of carboxylic acids is 2. The third-order valence-corrected chi connectivity index (χ3v) is 9.76. The highest BCUT2D eigenvalue weighted by Gasteiger charge is 2.29. The van der Waals surface area contributed by atoms with Crippen LogP contribution >= 0.6 is 0 Å². The molecule has 2 aliphatic heterocycles. The number of aliphatic imine (C=N–C) groups is 1. The molecule has 10 nitrogen and oxygen atoms in total. The van der Waals surface area contributed by atoms with Crippen LogP contribution in [-0.4, -0.2) is 49.6 Å². The Balaban J connectivity index is 1.81. The van der Waals surface area contributed by atoms with E-state index in [0.717, 1.165) is 63.7 Å². The molecule has 262 valence electrons. The second kappa shape index (κ2) is 16.6. The average Bonchev–Trinajstić information content (AvgIpc) is 3.69. The van der Waals surface area contributed by atoms with Gasteiger partial charge in [0.1, 0.15) is 0 Å². The van der Waals surface area contributed by atoms with Crippen molar-refractivity contribution in [3.8, 4) is 0 Å². The number of nitrogens with one attached hydrogen (secondary N) is 3. The molecule has 0 saturated carbocycles. The molecule has 49 heavy (non-hydrogen) atoms. The van der Waals surface area contributed by atoms with Crippen LogP contribution in [-0.2, 0) is 32.0 Å². The molecule has 4 heterocycles. The molecule has 1 saturated heterocycles. The average molecular weight is 671 g/mol. The summed E-state index contributed by atoms with van der Waals surface area (Å²) < 4.78 is 0. The van der Waals surface area contributed by atoms with Crippen molar-refractivity contribution in [3.05, 3.63) is 72.8 Å². The van der Waals surface area contributed by atoms with Gasteiger partial charge in [0.2, 0.25) is 5.91 Å².